The highest BCUT2D eigenvalue weighted by molar-refractivity contribution is 7.93. The summed E-state index contributed by atoms with van der Waals surface area (Å²) in [4.78, 5) is 11.8. The Hall–Kier alpha value is -1.31. The van der Waals surface area contributed by atoms with Crippen LogP contribution in [0, 0.1) is 0 Å². The average molecular weight is 320 g/mol. The number of hydrogen-bond donors (Lipinski definition) is 2. The number of sulfonamides is 1. The van der Waals surface area contributed by atoms with Crippen LogP contribution in [-0.2, 0) is 10.0 Å². The molecule has 8 heteroatoms. The van der Waals surface area contributed by atoms with Gasteiger partial charge < -0.3 is 11.1 Å². The molecule has 1 aliphatic rings. The SMILES string of the molecule is Cl.NCCNC(=O)c1cccc(N2CCCS2(=O)=O)c1. The van der Waals surface area contributed by atoms with Crippen LogP contribution in [0.4, 0.5) is 5.69 Å². The molecule has 20 heavy (non-hydrogen) atoms. The summed E-state index contributed by atoms with van der Waals surface area (Å²) in [5, 5.41) is 2.66. The van der Waals surface area contributed by atoms with Crippen molar-refractivity contribution in [1.29, 1.82) is 0 Å². The van der Waals surface area contributed by atoms with Gasteiger partial charge in [0.05, 0.1) is 11.4 Å². The van der Waals surface area contributed by atoms with Crippen LogP contribution < -0.4 is 15.4 Å². The van der Waals surface area contributed by atoms with E-state index >= 15 is 0 Å². The number of rotatable bonds is 4. The van der Waals surface area contributed by atoms with Crippen molar-refractivity contribution in [1.82, 2.24) is 5.32 Å². The summed E-state index contributed by atoms with van der Waals surface area (Å²) in [6.07, 6.45) is 0.617. The zero-order valence-corrected chi connectivity index (χ0v) is 12.5. The first kappa shape index (κ1) is 16.7. The molecule has 0 atom stereocenters. The molecule has 1 aromatic rings. The van der Waals surface area contributed by atoms with Gasteiger partial charge in [-0.15, -0.1) is 12.4 Å². The summed E-state index contributed by atoms with van der Waals surface area (Å²) in [6, 6.07) is 6.62. The molecule has 6 nitrogen and oxygen atoms in total. The number of nitrogens with two attached hydrogens (primary N) is 1. The van der Waals surface area contributed by atoms with Gasteiger partial charge in [-0.2, -0.15) is 0 Å². The predicted molar refractivity (Wildman–Crippen MR) is 80.8 cm³/mol. The summed E-state index contributed by atoms with van der Waals surface area (Å²) in [7, 11) is -3.22. The summed E-state index contributed by atoms with van der Waals surface area (Å²) in [6.45, 7) is 1.23. The van der Waals surface area contributed by atoms with E-state index in [0.717, 1.165) is 0 Å². The molecule has 0 aliphatic carbocycles. The number of nitrogens with one attached hydrogen (secondary N) is 1. The highest BCUT2D eigenvalue weighted by atomic mass is 35.5. The number of halogens is 1. The first-order valence-corrected chi connectivity index (χ1v) is 7.74. The van der Waals surface area contributed by atoms with Crippen molar-refractivity contribution >= 4 is 34.0 Å². The lowest BCUT2D eigenvalue weighted by molar-refractivity contribution is 0.0955. The van der Waals surface area contributed by atoms with Crippen LogP contribution in [0.2, 0.25) is 0 Å². The minimum absolute atomic E-state index is 0. The second-order valence-electron chi connectivity index (χ2n) is 4.34. The number of carbonyl (C=O) groups excluding carboxylic acids is 1. The van der Waals surface area contributed by atoms with Crippen molar-refractivity contribution in [3.05, 3.63) is 29.8 Å². The van der Waals surface area contributed by atoms with Crippen LogP contribution in [-0.4, -0.2) is 39.7 Å². The van der Waals surface area contributed by atoms with Crippen molar-refractivity contribution in [2.24, 2.45) is 5.73 Å². The summed E-state index contributed by atoms with van der Waals surface area (Å²) >= 11 is 0. The maximum Gasteiger partial charge on any atom is 0.251 e. The Bertz CT molecular complexity index is 577. The van der Waals surface area contributed by atoms with Gasteiger partial charge in [-0.25, -0.2) is 8.42 Å². The first-order chi connectivity index (χ1) is 9.04. The predicted octanol–water partition coefficient (Wildman–Crippen LogP) is 0.337. The third kappa shape index (κ3) is 3.62. The number of benzene rings is 1. The van der Waals surface area contributed by atoms with E-state index in [-0.39, 0.29) is 24.1 Å². The van der Waals surface area contributed by atoms with Crippen LogP contribution in [0.5, 0.6) is 0 Å². The Labute approximate surface area is 124 Å². The molecule has 0 spiro atoms. The molecule has 0 aromatic heterocycles. The number of anilines is 1. The van der Waals surface area contributed by atoms with E-state index in [0.29, 0.717) is 37.3 Å². The topological polar surface area (TPSA) is 92.5 Å². The maximum atomic E-state index is 11.8. The molecule has 0 saturated carbocycles. The van der Waals surface area contributed by atoms with Crippen molar-refractivity contribution < 1.29 is 13.2 Å². The lowest BCUT2D eigenvalue weighted by atomic mass is 10.2. The van der Waals surface area contributed by atoms with E-state index in [2.05, 4.69) is 5.32 Å². The third-order valence-electron chi connectivity index (χ3n) is 2.93. The largest absolute Gasteiger partial charge is 0.351 e. The monoisotopic (exact) mass is 319 g/mol. The maximum absolute atomic E-state index is 11.8. The van der Waals surface area contributed by atoms with Crippen LogP contribution in [0.15, 0.2) is 24.3 Å². The van der Waals surface area contributed by atoms with Crippen molar-refractivity contribution in [3.63, 3.8) is 0 Å². The molecular formula is C12H18ClN3O3S. The molecule has 1 heterocycles. The zero-order valence-electron chi connectivity index (χ0n) is 10.9. The zero-order chi connectivity index (χ0) is 13.9. The fourth-order valence-corrected chi connectivity index (χ4v) is 3.58. The highest BCUT2D eigenvalue weighted by Crippen LogP contribution is 2.24. The second-order valence-corrected chi connectivity index (χ2v) is 6.35. The summed E-state index contributed by atoms with van der Waals surface area (Å²) in [5.41, 5.74) is 6.30. The molecule has 3 N–H and O–H groups in total. The van der Waals surface area contributed by atoms with Gasteiger partial charge >= 0.3 is 0 Å². The van der Waals surface area contributed by atoms with Crippen LogP contribution in [0.25, 0.3) is 0 Å². The highest BCUT2D eigenvalue weighted by Gasteiger charge is 2.28. The molecule has 0 unspecified atom stereocenters. The molecule has 1 aromatic carbocycles. The quantitative estimate of drug-likeness (QED) is 0.837. The van der Waals surface area contributed by atoms with Crippen LogP contribution in [0.1, 0.15) is 16.8 Å². The Morgan fingerprint density at radius 1 is 1.40 bits per heavy atom. The Morgan fingerprint density at radius 3 is 2.75 bits per heavy atom. The second kappa shape index (κ2) is 6.92. The van der Waals surface area contributed by atoms with E-state index in [1.54, 1.807) is 24.3 Å². The van der Waals surface area contributed by atoms with Gasteiger partial charge in [0.2, 0.25) is 10.0 Å². The third-order valence-corrected chi connectivity index (χ3v) is 4.80. The van der Waals surface area contributed by atoms with Crippen LogP contribution >= 0.6 is 12.4 Å². The van der Waals surface area contributed by atoms with Gasteiger partial charge in [0.25, 0.3) is 5.91 Å². The van der Waals surface area contributed by atoms with Gasteiger partial charge in [-0.1, -0.05) is 6.07 Å². The van der Waals surface area contributed by atoms with E-state index in [1.807, 2.05) is 0 Å². The molecule has 112 valence electrons. The minimum atomic E-state index is -3.22. The van der Waals surface area contributed by atoms with Crippen molar-refractivity contribution in [3.8, 4) is 0 Å². The van der Waals surface area contributed by atoms with E-state index in [4.69, 9.17) is 5.73 Å². The van der Waals surface area contributed by atoms with Gasteiger partial charge in [0.1, 0.15) is 0 Å². The summed E-state index contributed by atoms with van der Waals surface area (Å²) < 4.78 is 25.0. The van der Waals surface area contributed by atoms with E-state index in [1.165, 1.54) is 4.31 Å². The molecule has 2 rings (SSSR count). The standard InChI is InChI=1S/C12H17N3O3S.ClH/c13-5-6-14-12(16)10-3-1-4-11(9-10)15-7-2-8-19(15,17)18;/h1,3-4,9H,2,5-8,13H2,(H,14,16);1H. The van der Waals surface area contributed by atoms with Crippen molar-refractivity contribution in [2.45, 2.75) is 6.42 Å². The number of carbonyl (C=O) groups is 1. The van der Waals surface area contributed by atoms with Crippen LogP contribution in [0.3, 0.4) is 0 Å². The molecular weight excluding hydrogens is 302 g/mol. The minimum Gasteiger partial charge on any atom is -0.351 e. The van der Waals surface area contributed by atoms with E-state index < -0.39 is 10.0 Å². The molecule has 0 bridgehead atoms. The van der Waals surface area contributed by atoms with Gasteiger partial charge in [-0.3, -0.25) is 9.10 Å². The normalized spacial score (nSPS) is 16.6. The number of hydrogen-bond acceptors (Lipinski definition) is 4. The van der Waals surface area contributed by atoms with Gasteiger partial charge in [-0.05, 0) is 24.6 Å². The summed E-state index contributed by atoms with van der Waals surface area (Å²) in [5.74, 6) is -0.0831. The lowest BCUT2D eigenvalue weighted by Gasteiger charge is -2.17. The average Bonchev–Trinajstić information content (AvgIpc) is 2.75. The van der Waals surface area contributed by atoms with E-state index in [9.17, 15) is 13.2 Å². The Balaban J connectivity index is 0.00000200. The number of amides is 1. The lowest BCUT2D eigenvalue weighted by Crippen LogP contribution is -2.29. The molecule has 1 aliphatic heterocycles. The first-order valence-electron chi connectivity index (χ1n) is 6.13. The molecule has 0 radical (unpaired) electrons. The Kier molecular flexibility index (Phi) is 5.79. The Morgan fingerprint density at radius 2 is 2.15 bits per heavy atom. The molecule has 1 saturated heterocycles. The van der Waals surface area contributed by atoms with Gasteiger partial charge in [0.15, 0.2) is 0 Å². The fourth-order valence-electron chi connectivity index (χ4n) is 2.02. The smallest absolute Gasteiger partial charge is 0.251 e. The fraction of sp³-hybridized carbons (Fsp3) is 0.417. The van der Waals surface area contributed by atoms with Gasteiger partial charge in [0, 0.05) is 25.2 Å². The van der Waals surface area contributed by atoms with Crippen molar-refractivity contribution in [2.75, 3.05) is 29.7 Å². The molecule has 1 fully saturated rings. The number of nitrogens with zero attached hydrogens (tertiary/aromatic N) is 1. The molecule has 1 amide bonds.